The Morgan fingerprint density at radius 2 is 2.00 bits per heavy atom. The third-order valence-corrected chi connectivity index (χ3v) is 6.57. The molecular formula is C17H21N5O5. The van der Waals surface area contributed by atoms with Crippen LogP contribution < -0.4 is 5.32 Å². The van der Waals surface area contributed by atoms with Crippen molar-refractivity contribution in [2.24, 2.45) is 11.8 Å². The largest absolute Gasteiger partial charge is 0.394 e. The summed E-state index contributed by atoms with van der Waals surface area (Å²) in [7, 11) is 0. The number of aliphatic hydroxyl groups is 3. The Kier molecular flexibility index (Phi) is 3.34. The lowest BCUT2D eigenvalue weighted by Gasteiger charge is -2.21. The molecule has 2 saturated heterocycles. The van der Waals surface area contributed by atoms with Gasteiger partial charge in [-0.3, -0.25) is 4.57 Å². The van der Waals surface area contributed by atoms with Crippen molar-refractivity contribution in [2.45, 2.75) is 55.6 Å². The maximum atomic E-state index is 10.3. The topological polar surface area (TPSA) is 138 Å². The van der Waals surface area contributed by atoms with Crippen molar-refractivity contribution in [3.8, 4) is 0 Å². The van der Waals surface area contributed by atoms with Gasteiger partial charge < -0.3 is 30.1 Å². The minimum Gasteiger partial charge on any atom is -0.394 e. The minimum atomic E-state index is -1.18. The first-order valence-corrected chi connectivity index (χ1v) is 9.37. The molecule has 2 aromatic heterocycles. The summed E-state index contributed by atoms with van der Waals surface area (Å²) < 4.78 is 12.9. The van der Waals surface area contributed by atoms with Gasteiger partial charge in [-0.2, -0.15) is 0 Å². The molecular weight excluding hydrogens is 354 g/mol. The van der Waals surface area contributed by atoms with E-state index in [9.17, 15) is 15.3 Å². The number of imidazole rings is 1. The van der Waals surface area contributed by atoms with Crippen molar-refractivity contribution < 1.29 is 24.8 Å². The highest BCUT2D eigenvalue weighted by Crippen LogP contribution is 2.56. The van der Waals surface area contributed by atoms with Crippen LogP contribution in [0.25, 0.3) is 11.2 Å². The van der Waals surface area contributed by atoms with Gasteiger partial charge in [-0.25, -0.2) is 15.0 Å². The van der Waals surface area contributed by atoms with Gasteiger partial charge in [0.05, 0.1) is 25.1 Å². The quantitative estimate of drug-likeness (QED) is 0.497. The third-order valence-electron chi connectivity index (χ3n) is 6.57. The SMILES string of the molecule is OC[C@H]1O[C@@H](n2cnc3c(NC4CC5CC4C4OC54)ncnc32)[C@@H](O)C1O. The van der Waals surface area contributed by atoms with E-state index in [0.29, 0.717) is 47.1 Å². The number of nitrogens with one attached hydrogen (secondary N) is 1. The molecule has 2 aliphatic carbocycles. The summed E-state index contributed by atoms with van der Waals surface area (Å²) in [5.74, 6) is 1.82. The zero-order chi connectivity index (χ0) is 18.3. The summed E-state index contributed by atoms with van der Waals surface area (Å²) in [5.41, 5.74) is 1.09. The molecule has 2 saturated carbocycles. The molecule has 2 aromatic rings. The van der Waals surface area contributed by atoms with Crippen LogP contribution in [0.5, 0.6) is 0 Å². The van der Waals surface area contributed by atoms with Crippen LogP contribution in [-0.2, 0) is 9.47 Å². The second kappa shape index (κ2) is 5.58. The zero-order valence-corrected chi connectivity index (χ0v) is 14.4. The van der Waals surface area contributed by atoms with E-state index >= 15 is 0 Å². The maximum Gasteiger partial charge on any atom is 0.167 e. The van der Waals surface area contributed by atoms with Gasteiger partial charge in [-0.1, -0.05) is 0 Å². The number of fused-ring (bicyclic) bond motifs is 6. The van der Waals surface area contributed by atoms with E-state index in [0.717, 1.165) is 6.42 Å². The highest BCUT2D eigenvalue weighted by atomic mass is 16.6. The third kappa shape index (κ3) is 2.21. The van der Waals surface area contributed by atoms with Gasteiger partial charge in [0.25, 0.3) is 0 Å². The van der Waals surface area contributed by atoms with Crippen LogP contribution in [0.15, 0.2) is 12.7 Å². The molecule has 0 radical (unpaired) electrons. The van der Waals surface area contributed by atoms with Gasteiger partial charge in [0.1, 0.15) is 24.6 Å². The predicted molar refractivity (Wildman–Crippen MR) is 90.6 cm³/mol. The number of rotatable bonds is 4. The Bertz CT molecular complexity index is 892. The Labute approximate surface area is 154 Å². The Morgan fingerprint density at radius 1 is 1.11 bits per heavy atom. The number of ether oxygens (including phenoxy) is 2. The molecule has 4 fully saturated rings. The van der Waals surface area contributed by atoms with Crippen molar-refractivity contribution in [1.29, 1.82) is 0 Å². The number of hydrogen-bond donors (Lipinski definition) is 4. The molecule has 144 valence electrons. The lowest BCUT2D eigenvalue weighted by Crippen LogP contribution is -2.33. The van der Waals surface area contributed by atoms with Crippen molar-refractivity contribution in [2.75, 3.05) is 11.9 Å². The van der Waals surface area contributed by atoms with E-state index in [1.807, 2.05) is 0 Å². The van der Waals surface area contributed by atoms with E-state index in [1.165, 1.54) is 19.1 Å². The van der Waals surface area contributed by atoms with Gasteiger partial charge in [-0.05, 0) is 18.8 Å². The van der Waals surface area contributed by atoms with Crippen LogP contribution in [0.3, 0.4) is 0 Å². The molecule has 4 aliphatic rings. The first-order chi connectivity index (χ1) is 13.2. The van der Waals surface area contributed by atoms with E-state index < -0.39 is 24.5 Å². The number of epoxide rings is 1. The molecule has 0 aromatic carbocycles. The van der Waals surface area contributed by atoms with Crippen LogP contribution in [-0.4, -0.2) is 78.0 Å². The monoisotopic (exact) mass is 375 g/mol. The Morgan fingerprint density at radius 3 is 2.74 bits per heavy atom. The fourth-order valence-electron chi connectivity index (χ4n) is 5.20. The molecule has 0 amide bonds. The number of aliphatic hydroxyl groups excluding tert-OH is 3. The Hall–Kier alpha value is -1.85. The smallest absolute Gasteiger partial charge is 0.167 e. The highest BCUT2D eigenvalue weighted by Gasteiger charge is 2.63. The van der Waals surface area contributed by atoms with Crippen molar-refractivity contribution in [3.63, 3.8) is 0 Å². The summed E-state index contributed by atoms with van der Waals surface area (Å²) in [4.78, 5) is 13.1. The van der Waals surface area contributed by atoms with Crippen LogP contribution in [0, 0.1) is 11.8 Å². The molecule has 4 heterocycles. The number of aromatic nitrogens is 4. The van der Waals surface area contributed by atoms with Gasteiger partial charge >= 0.3 is 0 Å². The first kappa shape index (κ1) is 16.1. The summed E-state index contributed by atoms with van der Waals surface area (Å²) in [6, 6.07) is 0.316. The van der Waals surface area contributed by atoms with Gasteiger partial charge in [0.2, 0.25) is 0 Å². The van der Waals surface area contributed by atoms with E-state index in [4.69, 9.17) is 9.47 Å². The first-order valence-electron chi connectivity index (χ1n) is 9.37. The van der Waals surface area contributed by atoms with Crippen LogP contribution in [0.1, 0.15) is 19.1 Å². The number of nitrogens with zero attached hydrogens (tertiary/aromatic N) is 4. The van der Waals surface area contributed by atoms with Gasteiger partial charge in [0.15, 0.2) is 23.2 Å². The number of hydrogen-bond acceptors (Lipinski definition) is 9. The van der Waals surface area contributed by atoms with E-state index in [-0.39, 0.29) is 6.61 Å². The lowest BCUT2D eigenvalue weighted by molar-refractivity contribution is -0.0511. The Balaban J connectivity index is 1.30. The second-order valence-electron chi connectivity index (χ2n) is 7.99. The van der Waals surface area contributed by atoms with Crippen LogP contribution in [0.2, 0.25) is 0 Å². The molecule has 27 heavy (non-hydrogen) atoms. The molecule has 2 aliphatic heterocycles. The predicted octanol–water partition coefficient (Wildman–Crippen LogP) is -0.974. The number of anilines is 1. The zero-order valence-electron chi connectivity index (χ0n) is 14.4. The van der Waals surface area contributed by atoms with Gasteiger partial charge in [-0.15, -0.1) is 0 Å². The van der Waals surface area contributed by atoms with Gasteiger partial charge in [0, 0.05) is 12.0 Å². The molecule has 10 nitrogen and oxygen atoms in total. The molecule has 4 N–H and O–H groups in total. The maximum absolute atomic E-state index is 10.3. The lowest BCUT2D eigenvalue weighted by atomic mass is 9.95. The summed E-state index contributed by atoms with van der Waals surface area (Å²) in [6.07, 6.45) is 2.07. The molecule has 0 spiro atoms. The van der Waals surface area contributed by atoms with E-state index in [1.54, 1.807) is 4.57 Å². The fourth-order valence-corrected chi connectivity index (χ4v) is 5.20. The average Bonchev–Trinajstić information content (AvgIpc) is 2.95. The normalized spacial score (nSPS) is 44.8. The second-order valence-corrected chi connectivity index (χ2v) is 7.99. The molecule has 10 heteroatoms. The standard InChI is InChI=1S/C17H21N5O5/c23-3-9-11(24)12(25)17(26-9)22-5-20-10-15(18-4-19-16(10)22)21-8-2-6-1-7(8)14-13(6)27-14/h4-9,11-14,17,23-25H,1-3H2,(H,18,19,21)/t6?,7?,8?,9-,11?,12+,13?,14?,17-/m1/s1. The molecule has 9 atom stereocenters. The summed E-state index contributed by atoms with van der Waals surface area (Å²) >= 11 is 0. The molecule has 6 unspecified atom stereocenters. The molecule has 2 bridgehead atoms. The summed E-state index contributed by atoms with van der Waals surface area (Å²) in [6.45, 7) is -0.377. The average molecular weight is 375 g/mol. The van der Waals surface area contributed by atoms with Crippen molar-refractivity contribution in [3.05, 3.63) is 12.7 Å². The van der Waals surface area contributed by atoms with Crippen molar-refractivity contribution >= 4 is 17.0 Å². The van der Waals surface area contributed by atoms with Crippen LogP contribution in [0.4, 0.5) is 5.82 Å². The molecule has 6 rings (SSSR count). The minimum absolute atomic E-state index is 0.316. The van der Waals surface area contributed by atoms with Crippen molar-refractivity contribution in [1.82, 2.24) is 19.5 Å². The highest BCUT2D eigenvalue weighted by molar-refractivity contribution is 5.83. The van der Waals surface area contributed by atoms with E-state index in [2.05, 4.69) is 20.3 Å². The van der Waals surface area contributed by atoms with Crippen LogP contribution >= 0.6 is 0 Å². The summed E-state index contributed by atoms with van der Waals surface area (Å²) in [5, 5.41) is 33.1. The fraction of sp³-hybridized carbons (Fsp3) is 0.706.